The van der Waals surface area contributed by atoms with Gasteiger partial charge in [0.2, 0.25) is 0 Å². The van der Waals surface area contributed by atoms with Crippen molar-refractivity contribution in [1.29, 1.82) is 0 Å². The van der Waals surface area contributed by atoms with E-state index < -0.39 is 0 Å². The molecule has 20 heavy (non-hydrogen) atoms. The number of rotatable bonds is 5. The Bertz CT molecular complexity index is 494. The van der Waals surface area contributed by atoms with Gasteiger partial charge >= 0.3 is 0 Å². The van der Waals surface area contributed by atoms with Crippen LogP contribution >= 0.6 is 0 Å². The Morgan fingerprint density at radius 2 is 2.15 bits per heavy atom. The molecular formula is C16H22N4. The maximum absolute atomic E-state index is 3.98. The van der Waals surface area contributed by atoms with Gasteiger partial charge in [0, 0.05) is 37.4 Å². The highest BCUT2D eigenvalue weighted by molar-refractivity contribution is 5.14. The summed E-state index contributed by atoms with van der Waals surface area (Å²) in [5, 5.41) is 10.5. The molecule has 0 radical (unpaired) electrons. The normalized spacial score (nSPS) is 20.1. The molecule has 2 N–H and O–H groups in total. The molecule has 106 valence electrons. The molecule has 2 heterocycles. The fourth-order valence-corrected chi connectivity index (χ4v) is 2.84. The number of piperidine rings is 1. The Morgan fingerprint density at radius 3 is 2.95 bits per heavy atom. The van der Waals surface area contributed by atoms with E-state index in [0.717, 1.165) is 19.6 Å². The summed E-state index contributed by atoms with van der Waals surface area (Å²) in [5.74, 6) is 0. The van der Waals surface area contributed by atoms with Crippen LogP contribution in [0.5, 0.6) is 0 Å². The van der Waals surface area contributed by atoms with Gasteiger partial charge in [-0.1, -0.05) is 30.3 Å². The van der Waals surface area contributed by atoms with Gasteiger partial charge in [-0.2, -0.15) is 5.10 Å². The zero-order valence-electron chi connectivity index (χ0n) is 11.8. The summed E-state index contributed by atoms with van der Waals surface area (Å²) in [5.41, 5.74) is 2.63. The first-order valence-electron chi connectivity index (χ1n) is 7.37. The van der Waals surface area contributed by atoms with Crippen LogP contribution in [0.3, 0.4) is 0 Å². The van der Waals surface area contributed by atoms with Crippen LogP contribution in [0.2, 0.25) is 0 Å². The van der Waals surface area contributed by atoms with Crippen molar-refractivity contribution in [3.05, 3.63) is 53.9 Å². The van der Waals surface area contributed by atoms with Gasteiger partial charge in [0.1, 0.15) is 0 Å². The highest BCUT2D eigenvalue weighted by Crippen LogP contribution is 2.14. The lowest BCUT2D eigenvalue weighted by Gasteiger charge is -2.33. The standard InChI is InChI=1S/C16H22N4/c1-2-5-14(6-3-1)12-20-8-4-7-16(13-20)17-9-15-10-18-19-11-15/h1-3,5-6,10-11,16-17H,4,7-9,12-13H2,(H,18,19). The molecular weight excluding hydrogens is 248 g/mol. The molecule has 4 nitrogen and oxygen atoms in total. The number of nitrogens with one attached hydrogen (secondary N) is 2. The summed E-state index contributed by atoms with van der Waals surface area (Å²) < 4.78 is 0. The van der Waals surface area contributed by atoms with Crippen LogP contribution in [0.15, 0.2) is 42.7 Å². The monoisotopic (exact) mass is 270 g/mol. The quantitative estimate of drug-likeness (QED) is 0.875. The predicted octanol–water partition coefficient (Wildman–Crippen LogP) is 2.16. The number of H-pyrrole nitrogens is 1. The van der Waals surface area contributed by atoms with Gasteiger partial charge in [0.05, 0.1) is 6.20 Å². The third kappa shape index (κ3) is 3.68. The fraction of sp³-hybridized carbons (Fsp3) is 0.438. The third-order valence-corrected chi connectivity index (χ3v) is 3.90. The van der Waals surface area contributed by atoms with E-state index in [2.05, 4.69) is 50.7 Å². The van der Waals surface area contributed by atoms with Gasteiger partial charge in [-0.15, -0.1) is 0 Å². The molecule has 1 atom stereocenters. The van der Waals surface area contributed by atoms with Gasteiger partial charge in [-0.3, -0.25) is 10.00 Å². The Balaban J connectivity index is 1.49. The molecule has 0 saturated carbocycles. The van der Waals surface area contributed by atoms with E-state index >= 15 is 0 Å². The number of benzene rings is 1. The number of aromatic amines is 1. The van der Waals surface area contributed by atoms with Crippen LogP contribution in [0, 0.1) is 0 Å². The molecule has 1 aromatic heterocycles. The van der Waals surface area contributed by atoms with Gasteiger partial charge in [-0.05, 0) is 24.9 Å². The van der Waals surface area contributed by atoms with Gasteiger partial charge in [-0.25, -0.2) is 0 Å². The van der Waals surface area contributed by atoms with Crippen molar-refractivity contribution < 1.29 is 0 Å². The molecule has 0 amide bonds. The van der Waals surface area contributed by atoms with E-state index in [0.29, 0.717) is 6.04 Å². The van der Waals surface area contributed by atoms with Gasteiger partial charge < -0.3 is 5.32 Å². The summed E-state index contributed by atoms with van der Waals surface area (Å²) in [6, 6.07) is 11.3. The van der Waals surface area contributed by atoms with Gasteiger partial charge in [0.15, 0.2) is 0 Å². The van der Waals surface area contributed by atoms with Crippen LogP contribution in [-0.2, 0) is 13.1 Å². The molecule has 0 spiro atoms. The van der Waals surface area contributed by atoms with Crippen LogP contribution < -0.4 is 5.32 Å². The van der Waals surface area contributed by atoms with Crippen molar-refractivity contribution in [2.24, 2.45) is 0 Å². The molecule has 2 aromatic rings. The molecule has 1 saturated heterocycles. The predicted molar refractivity (Wildman–Crippen MR) is 80.2 cm³/mol. The number of nitrogens with zero attached hydrogens (tertiary/aromatic N) is 2. The van der Waals surface area contributed by atoms with Gasteiger partial charge in [0.25, 0.3) is 0 Å². The maximum Gasteiger partial charge on any atom is 0.0532 e. The summed E-state index contributed by atoms with van der Waals surface area (Å²) in [6.07, 6.45) is 6.38. The zero-order valence-corrected chi connectivity index (χ0v) is 11.8. The average Bonchev–Trinajstić information content (AvgIpc) is 3.00. The first-order valence-corrected chi connectivity index (χ1v) is 7.37. The van der Waals surface area contributed by atoms with Crippen LogP contribution in [0.25, 0.3) is 0 Å². The number of hydrogen-bond acceptors (Lipinski definition) is 3. The summed E-state index contributed by atoms with van der Waals surface area (Å²) in [4.78, 5) is 2.55. The zero-order chi connectivity index (χ0) is 13.6. The lowest BCUT2D eigenvalue weighted by Crippen LogP contribution is -2.44. The molecule has 1 aliphatic rings. The summed E-state index contributed by atoms with van der Waals surface area (Å²) >= 11 is 0. The minimum Gasteiger partial charge on any atom is -0.309 e. The maximum atomic E-state index is 3.98. The largest absolute Gasteiger partial charge is 0.309 e. The molecule has 1 aliphatic heterocycles. The average molecular weight is 270 g/mol. The van der Waals surface area contributed by atoms with E-state index in [9.17, 15) is 0 Å². The van der Waals surface area contributed by atoms with E-state index in [1.54, 1.807) is 0 Å². The molecule has 4 heteroatoms. The van der Waals surface area contributed by atoms with Crippen molar-refractivity contribution in [3.63, 3.8) is 0 Å². The van der Waals surface area contributed by atoms with Crippen LogP contribution in [0.4, 0.5) is 0 Å². The third-order valence-electron chi connectivity index (χ3n) is 3.90. The van der Waals surface area contributed by atoms with Crippen molar-refractivity contribution in [2.45, 2.75) is 32.0 Å². The van der Waals surface area contributed by atoms with E-state index in [-0.39, 0.29) is 0 Å². The lowest BCUT2D eigenvalue weighted by molar-refractivity contribution is 0.182. The first kappa shape index (κ1) is 13.3. The lowest BCUT2D eigenvalue weighted by atomic mass is 10.0. The molecule has 1 fully saturated rings. The second kappa shape index (κ2) is 6.68. The number of hydrogen-bond donors (Lipinski definition) is 2. The molecule has 1 aromatic carbocycles. The smallest absolute Gasteiger partial charge is 0.0532 e. The Hall–Kier alpha value is -1.65. The van der Waals surface area contributed by atoms with Crippen molar-refractivity contribution in [3.8, 4) is 0 Å². The van der Waals surface area contributed by atoms with E-state index in [1.807, 2.05) is 12.4 Å². The van der Waals surface area contributed by atoms with E-state index in [4.69, 9.17) is 0 Å². The van der Waals surface area contributed by atoms with E-state index in [1.165, 1.54) is 30.5 Å². The highest BCUT2D eigenvalue weighted by Gasteiger charge is 2.19. The van der Waals surface area contributed by atoms with Crippen LogP contribution in [-0.4, -0.2) is 34.2 Å². The number of aromatic nitrogens is 2. The molecule has 0 bridgehead atoms. The van der Waals surface area contributed by atoms with Crippen LogP contribution in [0.1, 0.15) is 24.0 Å². The Labute approximate surface area is 120 Å². The first-order chi connectivity index (χ1) is 9.90. The summed E-state index contributed by atoms with van der Waals surface area (Å²) in [6.45, 7) is 4.30. The Morgan fingerprint density at radius 1 is 1.25 bits per heavy atom. The molecule has 3 rings (SSSR count). The molecule has 0 aliphatic carbocycles. The van der Waals surface area contributed by atoms with Crippen molar-refractivity contribution in [2.75, 3.05) is 13.1 Å². The van der Waals surface area contributed by atoms with Crippen molar-refractivity contribution >= 4 is 0 Å². The number of likely N-dealkylation sites (tertiary alicyclic amines) is 1. The summed E-state index contributed by atoms with van der Waals surface area (Å²) in [7, 11) is 0. The minimum absolute atomic E-state index is 0.586. The second-order valence-corrected chi connectivity index (χ2v) is 5.55. The van der Waals surface area contributed by atoms with Crippen molar-refractivity contribution in [1.82, 2.24) is 20.4 Å². The fourth-order valence-electron chi connectivity index (χ4n) is 2.84. The molecule has 1 unspecified atom stereocenters. The Kier molecular flexibility index (Phi) is 4.46. The minimum atomic E-state index is 0.586. The topological polar surface area (TPSA) is 44.0 Å². The SMILES string of the molecule is c1ccc(CN2CCCC(NCc3cn[nH]c3)C2)cc1. The second-order valence-electron chi connectivity index (χ2n) is 5.55. The highest BCUT2D eigenvalue weighted by atomic mass is 15.2.